The van der Waals surface area contributed by atoms with Crippen LogP contribution in [-0.2, 0) is 26.1 Å². The Morgan fingerprint density at radius 3 is 1.76 bits per heavy atom. The quantitative estimate of drug-likeness (QED) is 0.341. The largest absolute Gasteiger partial charge is 0.278 e. The minimum absolute atomic E-state index is 0.0631. The van der Waals surface area contributed by atoms with Gasteiger partial charge in [0.05, 0.1) is 19.6 Å². The Labute approximate surface area is 203 Å². The Morgan fingerprint density at radius 2 is 1.24 bits per heavy atom. The predicted octanol–water partition coefficient (Wildman–Crippen LogP) is 5.50. The van der Waals surface area contributed by atoms with Crippen LogP contribution in [0.15, 0.2) is 91.1 Å². The van der Waals surface area contributed by atoms with Crippen LogP contribution in [0.2, 0.25) is 0 Å². The molecule has 34 heavy (non-hydrogen) atoms. The van der Waals surface area contributed by atoms with Crippen LogP contribution in [0.5, 0.6) is 0 Å². The molecule has 0 saturated heterocycles. The molecule has 3 aromatic carbocycles. The summed E-state index contributed by atoms with van der Waals surface area (Å²) in [5.74, 6) is 0. The van der Waals surface area contributed by atoms with Crippen LogP contribution >= 0.6 is 11.3 Å². The molecular formula is C26H24O5S3. The third kappa shape index (κ3) is 4.45. The summed E-state index contributed by atoms with van der Waals surface area (Å²) >= 11 is 0.853. The molecule has 0 aliphatic carbocycles. The van der Waals surface area contributed by atoms with Crippen molar-refractivity contribution >= 4 is 41.1 Å². The molecule has 5 nitrogen and oxygen atoms in total. The molecule has 0 saturated carbocycles. The highest BCUT2D eigenvalue weighted by Crippen LogP contribution is 2.36. The summed E-state index contributed by atoms with van der Waals surface area (Å²) in [4.78, 5) is 12.3. The van der Waals surface area contributed by atoms with E-state index in [1.165, 1.54) is 42.5 Å². The highest BCUT2D eigenvalue weighted by molar-refractivity contribution is 7.92. The summed E-state index contributed by atoms with van der Waals surface area (Å²) in [7, 11) is -8.08. The number of rotatable bonds is 6. The second kappa shape index (κ2) is 9.09. The Kier molecular flexibility index (Phi) is 6.50. The maximum atomic E-state index is 13.8. The van der Waals surface area contributed by atoms with E-state index in [1.54, 1.807) is 24.3 Å². The molecule has 1 heterocycles. The lowest BCUT2D eigenvalue weighted by Crippen LogP contribution is -2.09. The van der Waals surface area contributed by atoms with Crippen molar-refractivity contribution in [2.24, 2.45) is 0 Å². The van der Waals surface area contributed by atoms with Gasteiger partial charge in [0, 0.05) is 16.2 Å². The van der Waals surface area contributed by atoms with Crippen molar-refractivity contribution in [1.82, 2.24) is 0 Å². The highest BCUT2D eigenvalue weighted by atomic mass is 32.2. The standard InChI is InChI=1S/C26H24O5S3/c1-4-5-19-14-25(27)32-23-15-22(33(28,29)20-10-6-17(2)7-11-20)16-24(26(19)23)34(30,31)21-12-8-18(3)9-13-21/h6-16H,4-5H2,1-3H3. The van der Waals surface area contributed by atoms with Gasteiger partial charge < -0.3 is 0 Å². The number of fused-ring (bicyclic) bond motifs is 1. The van der Waals surface area contributed by atoms with E-state index >= 15 is 0 Å². The van der Waals surface area contributed by atoms with E-state index < -0.39 is 19.7 Å². The Morgan fingerprint density at radius 1 is 0.706 bits per heavy atom. The zero-order valence-electron chi connectivity index (χ0n) is 19.0. The van der Waals surface area contributed by atoms with Gasteiger partial charge in [0.1, 0.15) is 0 Å². The normalized spacial score (nSPS) is 12.2. The van der Waals surface area contributed by atoms with Gasteiger partial charge in [-0.3, -0.25) is 4.79 Å². The average molecular weight is 513 g/mol. The number of aryl methyl sites for hydroxylation is 3. The Hall–Kier alpha value is -2.81. The van der Waals surface area contributed by atoms with Crippen molar-refractivity contribution in [3.8, 4) is 0 Å². The van der Waals surface area contributed by atoms with E-state index in [0.717, 1.165) is 22.5 Å². The number of benzene rings is 3. The molecule has 0 aliphatic heterocycles. The lowest BCUT2D eigenvalue weighted by atomic mass is 10.1. The van der Waals surface area contributed by atoms with Crippen molar-refractivity contribution in [3.05, 3.63) is 93.0 Å². The molecule has 0 bridgehead atoms. The van der Waals surface area contributed by atoms with E-state index in [0.29, 0.717) is 28.5 Å². The molecule has 1 aromatic heterocycles. The first-order valence-corrected chi connectivity index (χ1v) is 14.6. The number of hydrogen-bond acceptors (Lipinski definition) is 6. The molecule has 0 atom stereocenters. The first-order valence-electron chi connectivity index (χ1n) is 10.8. The molecule has 0 spiro atoms. The molecule has 8 heteroatoms. The van der Waals surface area contributed by atoms with Crippen LogP contribution in [0, 0.1) is 13.8 Å². The van der Waals surface area contributed by atoms with E-state index in [4.69, 9.17) is 0 Å². The van der Waals surface area contributed by atoms with Crippen LogP contribution in [0.1, 0.15) is 30.0 Å². The van der Waals surface area contributed by atoms with Gasteiger partial charge in [-0.25, -0.2) is 16.8 Å². The minimum atomic E-state index is -4.07. The maximum absolute atomic E-state index is 13.8. The van der Waals surface area contributed by atoms with E-state index in [9.17, 15) is 21.6 Å². The summed E-state index contributed by atoms with van der Waals surface area (Å²) in [5, 5.41) is 0.412. The molecule has 0 fully saturated rings. The molecular weight excluding hydrogens is 488 g/mol. The first-order chi connectivity index (χ1) is 16.0. The lowest BCUT2D eigenvalue weighted by molar-refractivity contribution is 0.595. The molecule has 4 rings (SSSR count). The fourth-order valence-electron chi connectivity index (χ4n) is 3.85. The van der Waals surface area contributed by atoms with Gasteiger partial charge in [-0.05, 0) is 62.2 Å². The monoisotopic (exact) mass is 512 g/mol. The van der Waals surface area contributed by atoms with E-state index in [1.807, 2.05) is 20.8 Å². The third-order valence-corrected chi connectivity index (χ3v) is 10.0. The fraction of sp³-hybridized carbons (Fsp3) is 0.192. The summed E-state index contributed by atoms with van der Waals surface area (Å²) in [6.45, 7) is 5.65. The van der Waals surface area contributed by atoms with Crippen LogP contribution < -0.4 is 4.74 Å². The van der Waals surface area contributed by atoms with Crippen molar-refractivity contribution in [3.63, 3.8) is 0 Å². The molecule has 0 radical (unpaired) electrons. The molecule has 4 aromatic rings. The van der Waals surface area contributed by atoms with Crippen LogP contribution in [0.3, 0.4) is 0 Å². The molecule has 0 N–H and O–H groups in total. The number of hydrogen-bond donors (Lipinski definition) is 0. The predicted molar refractivity (Wildman–Crippen MR) is 135 cm³/mol. The first kappa shape index (κ1) is 24.3. The fourth-order valence-corrected chi connectivity index (χ4v) is 7.86. The van der Waals surface area contributed by atoms with Crippen molar-refractivity contribution in [2.75, 3.05) is 0 Å². The van der Waals surface area contributed by atoms with Crippen molar-refractivity contribution in [2.45, 2.75) is 53.2 Å². The van der Waals surface area contributed by atoms with Gasteiger partial charge in [0.15, 0.2) is 0 Å². The summed E-state index contributed by atoms with van der Waals surface area (Å²) < 4.78 is 54.6. The van der Waals surface area contributed by atoms with Gasteiger partial charge in [0.25, 0.3) is 0 Å². The molecule has 176 valence electrons. The van der Waals surface area contributed by atoms with Gasteiger partial charge in [-0.15, -0.1) is 0 Å². The van der Waals surface area contributed by atoms with E-state index in [2.05, 4.69) is 0 Å². The van der Waals surface area contributed by atoms with Gasteiger partial charge in [0.2, 0.25) is 24.4 Å². The average Bonchev–Trinajstić information content (AvgIpc) is 2.79. The van der Waals surface area contributed by atoms with Crippen LogP contribution in [-0.4, -0.2) is 16.8 Å². The van der Waals surface area contributed by atoms with Crippen LogP contribution in [0.4, 0.5) is 0 Å². The molecule has 0 unspecified atom stereocenters. The van der Waals surface area contributed by atoms with E-state index in [-0.39, 0.29) is 24.3 Å². The summed E-state index contributed by atoms with van der Waals surface area (Å²) in [6.07, 6.45) is 1.20. The Balaban J connectivity index is 2.09. The Bertz CT molecular complexity index is 1650. The zero-order chi connectivity index (χ0) is 24.7. The smallest absolute Gasteiger partial charge is 0.233 e. The van der Waals surface area contributed by atoms with Crippen molar-refractivity contribution < 1.29 is 16.8 Å². The summed E-state index contributed by atoms with van der Waals surface area (Å²) in [5.41, 5.74) is 2.41. The third-order valence-electron chi connectivity index (χ3n) is 5.64. The second-order valence-corrected chi connectivity index (χ2v) is 13.2. The SMILES string of the molecule is CCCc1cc(=O)sc2cc(S(=O)(=O)c3ccc(C)cc3)cc(S(=O)(=O)c3ccc(C)cc3)c12. The van der Waals surface area contributed by atoms with Crippen LogP contribution in [0.25, 0.3) is 10.1 Å². The van der Waals surface area contributed by atoms with Gasteiger partial charge >= 0.3 is 0 Å². The lowest BCUT2D eigenvalue weighted by Gasteiger charge is -2.15. The molecule has 0 aliphatic rings. The minimum Gasteiger partial charge on any atom is -0.278 e. The zero-order valence-corrected chi connectivity index (χ0v) is 21.5. The second-order valence-electron chi connectivity index (χ2n) is 8.27. The summed E-state index contributed by atoms with van der Waals surface area (Å²) in [6, 6.07) is 16.9. The number of sulfone groups is 2. The van der Waals surface area contributed by atoms with Gasteiger partial charge in [-0.1, -0.05) is 60.1 Å². The topological polar surface area (TPSA) is 85.3 Å². The van der Waals surface area contributed by atoms with Crippen molar-refractivity contribution in [1.29, 1.82) is 0 Å². The highest BCUT2D eigenvalue weighted by Gasteiger charge is 2.27. The van der Waals surface area contributed by atoms with Gasteiger partial charge in [-0.2, -0.15) is 0 Å². The maximum Gasteiger partial charge on any atom is 0.233 e. The molecule has 0 amide bonds.